The Hall–Kier alpha value is -1.89. The van der Waals surface area contributed by atoms with Gasteiger partial charge < -0.3 is 10.2 Å². The third-order valence-corrected chi connectivity index (χ3v) is 6.22. The average molecular weight is 403 g/mol. The van der Waals surface area contributed by atoms with Gasteiger partial charge in [-0.2, -0.15) is 13.2 Å². The molecule has 0 radical (unpaired) electrons. The minimum absolute atomic E-state index is 0.00216. The van der Waals surface area contributed by atoms with Crippen molar-refractivity contribution in [2.75, 3.05) is 39.8 Å². The van der Waals surface area contributed by atoms with Gasteiger partial charge in [0.1, 0.15) is 0 Å². The monoisotopic (exact) mass is 403 g/mol. The molecule has 29 heavy (non-hydrogen) atoms. The van der Waals surface area contributed by atoms with Gasteiger partial charge in [0.15, 0.2) is 0 Å². The summed E-state index contributed by atoms with van der Waals surface area (Å²) in [6.07, 6.45) is -2.31. The lowest BCUT2D eigenvalue weighted by molar-refractivity contribution is -0.137. The van der Waals surface area contributed by atoms with Crippen LogP contribution in [0.2, 0.25) is 0 Å². The summed E-state index contributed by atoms with van der Waals surface area (Å²) >= 11 is 0. The Kier molecular flexibility index (Phi) is 5.69. The van der Waals surface area contributed by atoms with Crippen molar-refractivity contribution in [1.82, 2.24) is 15.1 Å². The van der Waals surface area contributed by atoms with E-state index in [1.807, 2.05) is 7.05 Å². The molecule has 1 saturated heterocycles. The van der Waals surface area contributed by atoms with Crippen molar-refractivity contribution in [3.05, 3.63) is 70.8 Å². The van der Waals surface area contributed by atoms with E-state index in [0.29, 0.717) is 12.1 Å². The van der Waals surface area contributed by atoms with E-state index < -0.39 is 11.7 Å². The number of hydrogen-bond acceptors (Lipinski definition) is 3. The molecule has 1 N–H and O–H groups in total. The Morgan fingerprint density at radius 2 is 1.66 bits per heavy atom. The smallest absolute Gasteiger partial charge is 0.314 e. The lowest BCUT2D eigenvalue weighted by atomic mass is 9.91. The van der Waals surface area contributed by atoms with Crippen LogP contribution in [0.25, 0.3) is 0 Å². The highest BCUT2D eigenvalue weighted by atomic mass is 19.4. The van der Waals surface area contributed by atoms with Crippen molar-refractivity contribution < 1.29 is 13.2 Å². The Balaban J connectivity index is 1.53. The standard InChI is InChI=1S/C23H28F3N3/c1-28(16-18-5-4-8-21(13-18)23(24,25)26)17-22(29-11-9-27-10-12-29)14-19-6-2-3-7-20(19)15-22/h2-8,13,27H,9-12,14-17H2,1H3. The zero-order chi connectivity index (χ0) is 20.5. The highest BCUT2D eigenvalue weighted by Gasteiger charge is 2.43. The molecular formula is C23H28F3N3. The lowest BCUT2D eigenvalue weighted by Crippen LogP contribution is -2.61. The highest BCUT2D eigenvalue weighted by Crippen LogP contribution is 2.36. The second kappa shape index (κ2) is 8.09. The number of benzene rings is 2. The van der Waals surface area contributed by atoms with Gasteiger partial charge in [-0.25, -0.2) is 0 Å². The number of fused-ring (bicyclic) bond motifs is 1. The molecule has 0 spiro atoms. The third-order valence-electron chi connectivity index (χ3n) is 6.22. The molecule has 0 amide bonds. The molecule has 0 bridgehead atoms. The molecule has 1 aliphatic carbocycles. The van der Waals surface area contributed by atoms with E-state index in [4.69, 9.17) is 0 Å². The molecule has 1 fully saturated rings. The normalized spacial score (nSPS) is 19.5. The molecule has 0 unspecified atom stereocenters. The van der Waals surface area contributed by atoms with E-state index in [0.717, 1.165) is 51.6 Å². The summed E-state index contributed by atoms with van der Waals surface area (Å²) in [6.45, 7) is 5.31. The first-order chi connectivity index (χ1) is 13.9. The molecule has 4 rings (SSSR count). The van der Waals surface area contributed by atoms with Crippen LogP contribution in [0.15, 0.2) is 48.5 Å². The van der Waals surface area contributed by atoms with Gasteiger partial charge in [0.2, 0.25) is 0 Å². The van der Waals surface area contributed by atoms with Gasteiger partial charge in [0.25, 0.3) is 0 Å². The number of alkyl halides is 3. The van der Waals surface area contributed by atoms with Crippen molar-refractivity contribution in [1.29, 1.82) is 0 Å². The Morgan fingerprint density at radius 1 is 1.00 bits per heavy atom. The Labute approximate surface area is 170 Å². The van der Waals surface area contributed by atoms with Gasteiger partial charge in [-0.3, -0.25) is 4.90 Å². The van der Waals surface area contributed by atoms with E-state index in [1.54, 1.807) is 6.07 Å². The van der Waals surface area contributed by atoms with Crippen LogP contribution in [-0.2, 0) is 25.6 Å². The minimum Gasteiger partial charge on any atom is -0.314 e. The predicted octanol–water partition coefficient (Wildman–Crippen LogP) is 3.58. The second-order valence-corrected chi connectivity index (χ2v) is 8.45. The Morgan fingerprint density at radius 3 is 2.28 bits per heavy atom. The van der Waals surface area contributed by atoms with Crippen molar-refractivity contribution in [3.8, 4) is 0 Å². The first kappa shape index (κ1) is 20.4. The van der Waals surface area contributed by atoms with Gasteiger partial charge in [-0.1, -0.05) is 42.5 Å². The van der Waals surface area contributed by atoms with Gasteiger partial charge >= 0.3 is 6.18 Å². The molecule has 2 aliphatic rings. The number of nitrogens with zero attached hydrogens (tertiary/aromatic N) is 2. The van der Waals surface area contributed by atoms with Gasteiger partial charge in [-0.15, -0.1) is 0 Å². The first-order valence-electron chi connectivity index (χ1n) is 10.2. The van der Waals surface area contributed by atoms with E-state index in [2.05, 4.69) is 39.4 Å². The minimum atomic E-state index is -4.30. The summed E-state index contributed by atoms with van der Waals surface area (Å²) in [5.41, 5.74) is 2.93. The third kappa shape index (κ3) is 4.49. The fourth-order valence-corrected chi connectivity index (χ4v) is 4.96. The maximum atomic E-state index is 13.1. The number of likely N-dealkylation sites (N-methyl/N-ethyl adjacent to an activating group) is 1. The zero-order valence-electron chi connectivity index (χ0n) is 16.8. The van der Waals surface area contributed by atoms with Crippen LogP contribution in [0.1, 0.15) is 22.3 Å². The lowest BCUT2D eigenvalue weighted by Gasteiger charge is -2.45. The van der Waals surface area contributed by atoms with Crippen molar-refractivity contribution in [3.63, 3.8) is 0 Å². The van der Waals surface area contributed by atoms with Crippen LogP contribution in [0.5, 0.6) is 0 Å². The molecule has 1 heterocycles. The second-order valence-electron chi connectivity index (χ2n) is 8.45. The summed E-state index contributed by atoms with van der Waals surface area (Å²) < 4.78 is 39.2. The maximum Gasteiger partial charge on any atom is 0.416 e. The van der Waals surface area contributed by atoms with Crippen LogP contribution in [-0.4, -0.2) is 55.1 Å². The SMILES string of the molecule is CN(Cc1cccc(C(F)(F)F)c1)CC1(N2CCNCC2)Cc2ccccc2C1. The maximum absolute atomic E-state index is 13.1. The molecular weight excluding hydrogens is 375 g/mol. The predicted molar refractivity (Wildman–Crippen MR) is 109 cm³/mol. The summed E-state index contributed by atoms with van der Waals surface area (Å²) in [5, 5.41) is 3.43. The quantitative estimate of drug-likeness (QED) is 0.823. The average Bonchev–Trinajstić information content (AvgIpc) is 3.07. The molecule has 156 valence electrons. The highest BCUT2D eigenvalue weighted by molar-refractivity contribution is 5.37. The summed E-state index contributed by atoms with van der Waals surface area (Å²) in [7, 11) is 2.02. The number of piperazine rings is 1. The van der Waals surface area contributed by atoms with Gasteiger partial charge in [-0.05, 0) is 42.6 Å². The van der Waals surface area contributed by atoms with E-state index in [9.17, 15) is 13.2 Å². The molecule has 2 aromatic rings. The topological polar surface area (TPSA) is 18.5 Å². The van der Waals surface area contributed by atoms with Gasteiger partial charge in [0, 0.05) is 44.8 Å². The zero-order valence-corrected chi connectivity index (χ0v) is 16.8. The molecule has 0 saturated carbocycles. The fraction of sp³-hybridized carbons (Fsp3) is 0.478. The molecule has 2 aromatic carbocycles. The van der Waals surface area contributed by atoms with E-state index >= 15 is 0 Å². The van der Waals surface area contributed by atoms with Crippen LogP contribution < -0.4 is 5.32 Å². The Bertz CT molecular complexity index is 818. The number of rotatable bonds is 5. The van der Waals surface area contributed by atoms with E-state index in [-0.39, 0.29) is 5.54 Å². The van der Waals surface area contributed by atoms with Crippen molar-refractivity contribution in [2.45, 2.75) is 31.1 Å². The van der Waals surface area contributed by atoms with Crippen LogP contribution in [0.4, 0.5) is 13.2 Å². The summed E-state index contributed by atoms with van der Waals surface area (Å²) in [5.74, 6) is 0. The largest absolute Gasteiger partial charge is 0.416 e. The molecule has 3 nitrogen and oxygen atoms in total. The van der Waals surface area contributed by atoms with E-state index in [1.165, 1.54) is 23.3 Å². The fourth-order valence-electron chi connectivity index (χ4n) is 4.96. The number of hydrogen-bond donors (Lipinski definition) is 1. The molecule has 1 aliphatic heterocycles. The molecule has 0 atom stereocenters. The number of halogens is 3. The summed E-state index contributed by atoms with van der Waals surface area (Å²) in [6, 6.07) is 14.3. The van der Waals surface area contributed by atoms with Crippen molar-refractivity contribution in [2.24, 2.45) is 0 Å². The summed E-state index contributed by atoms with van der Waals surface area (Å²) in [4.78, 5) is 4.77. The van der Waals surface area contributed by atoms with Crippen LogP contribution in [0, 0.1) is 0 Å². The van der Waals surface area contributed by atoms with Crippen molar-refractivity contribution >= 4 is 0 Å². The van der Waals surface area contributed by atoms with Gasteiger partial charge in [0.05, 0.1) is 5.56 Å². The first-order valence-corrected chi connectivity index (χ1v) is 10.2. The molecule has 6 heteroatoms. The number of nitrogens with one attached hydrogen (secondary N) is 1. The molecule has 0 aromatic heterocycles. The van der Waals surface area contributed by atoms with Crippen LogP contribution >= 0.6 is 0 Å². The van der Waals surface area contributed by atoms with Crippen LogP contribution in [0.3, 0.4) is 0 Å².